The van der Waals surface area contributed by atoms with E-state index in [2.05, 4.69) is 5.32 Å². The van der Waals surface area contributed by atoms with E-state index in [0.29, 0.717) is 35.8 Å². The standard InChI is InChI=1S/C15H16ClN3O2/c16-13-10-11(17)3-4-14(13)18-15(21)2-1-7-19-8-5-12(20)6-9-19/h3-6,8-10H,1-2,7,17H2,(H,18,21). The van der Waals surface area contributed by atoms with Gasteiger partial charge in [-0.05, 0) is 24.6 Å². The fourth-order valence-electron chi connectivity index (χ4n) is 1.86. The van der Waals surface area contributed by atoms with Crippen LogP contribution in [0.15, 0.2) is 47.5 Å². The molecule has 2 rings (SSSR count). The number of rotatable bonds is 5. The zero-order valence-corrected chi connectivity index (χ0v) is 12.1. The first kappa shape index (κ1) is 15.1. The van der Waals surface area contributed by atoms with E-state index >= 15 is 0 Å². The molecule has 0 aliphatic heterocycles. The number of benzene rings is 1. The van der Waals surface area contributed by atoms with Crippen molar-refractivity contribution in [1.29, 1.82) is 0 Å². The molecular weight excluding hydrogens is 290 g/mol. The van der Waals surface area contributed by atoms with Gasteiger partial charge in [0.25, 0.3) is 0 Å². The first-order valence-corrected chi connectivity index (χ1v) is 6.93. The van der Waals surface area contributed by atoms with E-state index < -0.39 is 0 Å². The summed E-state index contributed by atoms with van der Waals surface area (Å²) in [5, 5.41) is 3.17. The van der Waals surface area contributed by atoms with E-state index in [1.165, 1.54) is 12.1 Å². The van der Waals surface area contributed by atoms with Crippen LogP contribution in [0.1, 0.15) is 12.8 Å². The van der Waals surface area contributed by atoms with Crippen molar-refractivity contribution in [2.75, 3.05) is 11.1 Å². The van der Waals surface area contributed by atoms with E-state index in [4.69, 9.17) is 17.3 Å². The Morgan fingerprint density at radius 3 is 2.62 bits per heavy atom. The fourth-order valence-corrected chi connectivity index (χ4v) is 2.10. The van der Waals surface area contributed by atoms with E-state index in [1.54, 1.807) is 30.6 Å². The van der Waals surface area contributed by atoms with Gasteiger partial charge < -0.3 is 15.6 Å². The molecule has 0 saturated carbocycles. The number of nitrogens with one attached hydrogen (secondary N) is 1. The summed E-state index contributed by atoms with van der Waals surface area (Å²) in [6, 6.07) is 7.94. The van der Waals surface area contributed by atoms with E-state index in [-0.39, 0.29) is 11.3 Å². The number of aryl methyl sites for hydroxylation is 1. The van der Waals surface area contributed by atoms with Gasteiger partial charge in [-0.1, -0.05) is 11.6 Å². The van der Waals surface area contributed by atoms with Gasteiger partial charge in [0.2, 0.25) is 5.91 Å². The van der Waals surface area contributed by atoms with Crippen molar-refractivity contribution >= 4 is 28.9 Å². The zero-order chi connectivity index (χ0) is 15.2. The maximum atomic E-state index is 11.8. The molecule has 5 nitrogen and oxygen atoms in total. The molecule has 3 N–H and O–H groups in total. The number of nitrogens with zero attached hydrogens (tertiary/aromatic N) is 1. The van der Waals surface area contributed by atoms with Crippen LogP contribution in [-0.4, -0.2) is 10.5 Å². The molecule has 1 heterocycles. The van der Waals surface area contributed by atoms with Crippen LogP contribution in [0.5, 0.6) is 0 Å². The quantitative estimate of drug-likeness (QED) is 0.833. The predicted octanol–water partition coefficient (Wildman–Crippen LogP) is 2.50. The van der Waals surface area contributed by atoms with Crippen molar-refractivity contribution in [3.63, 3.8) is 0 Å². The highest BCUT2D eigenvalue weighted by molar-refractivity contribution is 6.34. The molecule has 110 valence electrons. The number of amides is 1. The van der Waals surface area contributed by atoms with Crippen LogP contribution < -0.4 is 16.5 Å². The van der Waals surface area contributed by atoms with Crippen LogP contribution in [0.2, 0.25) is 5.02 Å². The molecular formula is C15H16ClN3O2. The highest BCUT2D eigenvalue weighted by Crippen LogP contribution is 2.24. The molecule has 1 aromatic carbocycles. The lowest BCUT2D eigenvalue weighted by Gasteiger charge is -2.08. The van der Waals surface area contributed by atoms with Gasteiger partial charge in [0.05, 0.1) is 10.7 Å². The van der Waals surface area contributed by atoms with E-state index in [9.17, 15) is 9.59 Å². The van der Waals surface area contributed by atoms with E-state index in [1.807, 2.05) is 4.57 Å². The Bertz CT molecular complexity index is 677. The maximum absolute atomic E-state index is 11.8. The summed E-state index contributed by atoms with van der Waals surface area (Å²) in [5.74, 6) is -0.109. The van der Waals surface area contributed by atoms with Gasteiger partial charge in [-0.15, -0.1) is 0 Å². The topological polar surface area (TPSA) is 77.1 Å². The lowest BCUT2D eigenvalue weighted by Crippen LogP contribution is -2.13. The van der Waals surface area contributed by atoms with Crippen LogP contribution in [-0.2, 0) is 11.3 Å². The van der Waals surface area contributed by atoms with Crippen molar-refractivity contribution < 1.29 is 4.79 Å². The van der Waals surface area contributed by atoms with E-state index in [0.717, 1.165) is 0 Å². The molecule has 0 atom stereocenters. The first-order valence-electron chi connectivity index (χ1n) is 6.55. The lowest BCUT2D eigenvalue weighted by molar-refractivity contribution is -0.116. The molecule has 0 unspecified atom stereocenters. The number of aromatic nitrogens is 1. The number of hydrogen-bond acceptors (Lipinski definition) is 3. The van der Waals surface area contributed by atoms with Crippen LogP contribution in [0.25, 0.3) is 0 Å². The minimum Gasteiger partial charge on any atom is -0.399 e. The Morgan fingerprint density at radius 1 is 1.24 bits per heavy atom. The third-order valence-electron chi connectivity index (χ3n) is 2.95. The number of carbonyl (C=O) groups excluding carboxylic acids is 1. The van der Waals surface area contributed by atoms with Crippen LogP contribution in [0, 0.1) is 0 Å². The number of nitrogen functional groups attached to an aromatic ring is 1. The Labute approximate surface area is 127 Å². The van der Waals surface area contributed by atoms with Gasteiger partial charge in [0.1, 0.15) is 0 Å². The normalized spacial score (nSPS) is 10.3. The minimum absolute atomic E-state index is 0.0259. The largest absolute Gasteiger partial charge is 0.399 e. The van der Waals surface area contributed by atoms with Gasteiger partial charge in [-0.2, -0.15) is 0 Å². The van der Waals surface area contributed by atoms with Gasteiger partial charge in [-0.3, -0.25) is 9.59 Å². The molecule has 1 amide bonds. The highest BCUT2D eigenvalue weighted by atomic mass is 35.5. The smallest absolute Gasteiger partial charge is 0.224 e. The molecule has 0 saturated heterocycles. The number of halogens is 1. The summed E-state index contributed by atoms with van der Waals surface area (Å²) >= 11 is 5.99. The number of carbonyl (C=O) groups is 1. The Morgan fingerprint density at radius 2 is 1.95 bits per heavy atom. The molecule has 0 aliphatic rings. The Balaban J connectivity index is 1.82. The summed E-state index contributed by atoms with van der Waals surface area (Å²) in [4.78, 5) is 22.8. The second-order valence-electron chi connectivity index (χ2n) is 4.66. The van der Waals surface area contributed by atoms with Crippen molar-refractivity contribution in [1.82, 2.24) is 4.57 Å². The molecule has 21 heavy (non-hydrogen) atoms. The molecule has 1 aromatic heterocycles. The number of pyridine rings is 1. The maximum Gasteiger partial charge on any atom is 0.224 e. The summed E-state index contributed by atoms with van der Waals surface area (Å²) in [7, 11) is 0. The predicted molar refractivity (Wildman–Crippen MR) is 84.4 cm³/mol. The number of nitrogens with two attached hydrogens (primary N) is 1. The second kappa shape index (κ2) is 6.95. The number of hydrogen-bond donors (Lipinski definition) is 2. The van der Waals surface area contributed by atoms with Gasteiger partial charge in [-0.25, -0.2) is 0 Å². The van der Waals surface area contributed by atoms with Gasteiger partial charge >= 0.3 is 0 Å². The Hall–Kier alpha value is -2.27. The summed E-state index contributed by atoms with van der Waals surface area (Å²) in [6.45, 7) is 0.670. The molecule has 2 aromatic rings. The lowest BCUT2D eigenvalue weighted by atomic mass is 10.2. The highest BCUT2D eigenvalue weighted by Gasteiger charge is 2.06. The van der Waals surface area contributed by atoms with Crippen LogP contribution >= 0.6 is 11.6 Å². The fraction of sp³-hybridized carbons (Fsp3) is 0.200. The minimum atomic E-state index is -0.109. The molecule has 0 spiro atoms. The van der Waals surface area contributed by atoms with Crippen molar-refractivity contribution in [3.8, 4) is 0 Å². The van der Waals surface area contributed by atoms with Crippen LogP contribution in [0.4, 0.5) is 11.4 Å². The monoisotopic (exact) mass is 305 g/mol. The second-order valence-corrected chi connectivity index (χ2v) is 5.07. The van der Waals surface area contributed by atoms with Gasteiger partial charge in [0.15, 0.2) is 5.43 Å². The third kappa shape index (κ3) is 4.65. The molecule has 6 heteroatoms. The zero-order valence-electron chi connectivity index (χ0n) is 11.4. The molecule has 0 radical (unpaired) electrons. The Kier molecular flexibility index (Phi) is 5.00. The van der Waals surface area contributed by atoms with Gasteiger partial charge in [0, 0.05) is 43.2 Å². The van der Waals surface area contributed by atoms with Crippen molar-refractivity contribution in [2.45, 2.75) is 19.4 Å². The summed E-state index contributed by atoms with van der Waals surface area (Å²) < 4.78 is 1.87. The van der Waals surface area contributed by atoms with Crippen LogP contribution in [0.3, 0.4) is 0 Å². The first-order chi connectivity index (χ1) is 10.0. The summed E-state index contributed by atoms with van der Waals surface area (Å²) in [6.07, 6.45) is 4.45. The molecule has 0 bridgehead atoms. The SMILES string of the molecule is Nc1ccc(NC(=O)CCCn2ccc(=O)cc2)c(Cl)c1. The van der Waals surface area contributed by atoms with Crippen molar-refractivity contribution in [3.05, 3.63) is 58.0 Å². The average Bonchev–Trinajstić information content (AvgIpc) is 2.44. The number of anilines is 2. The summed E-state index contributed by atoms with van der Waals surface area (Å²) in [5.41, 5.74) is 6.67. The van der Waals surface area contributed by atoms with Crippen molar-refractivity contribution in [2.24, 2.45) is 0 Å². The molecule has 0 aliphatic carbocycles. The molecule has 0 fully saturated rings. The average molecular weight is 306 g/mol. The third-order valence-corrected chi connectivity index (χ3v) is 3.26.